The summed E-state index contributed by atoms with van der Waals surface area (Å²) < 4.78 is 4.39. The van der Waals surface area contributed by atoms with Crippen LogP contribution in [0.15, 0.2) is 40.4 Å². The second-order valence-corrected chi connectivity index (χ2v) is 6.86. The Morgan fingerprint density at radius 2 is 2.04 bits per heavy atom. The van der Waals surface area contributed by atoms with Gasteiger partial charge >= 0.3 is 5.69 Å². The number of imidazole rings is 1. The molecule has 150 valence electrons. The fourth-order valence-corrected chi connectivity index (χ4v) is 3.72. The molecule has 3 aromatic rings. The van der Waals surface area contributed by atoms with E-state index in [-0.39, 0.29) is 29.7 Å². The molecule has 10 heteroatoms. The van der Waals surface area contributed by atoms with Gasteiger partial charge in [-0.2, -0.15) is 0 Å². The van der Waals surface area contributed by atoms with Crippen LogP contribution in [0.1, 0.15) is 11.6 Å². The Hall–Kier alpha value is -2.49. The van der Waals surface area contributed by atoms with Crippen LogP contribution in [-0.4, -0.2) is 54.7 Å². The van der Waals surface area contributed by atoms with Crippen LogP contribution in [0.3, 0.4) is 0 Å². The second-order valence-electron chi connectivity index (χ2n) is 6.86. The molecule has 9 nitrogen and oxygen atoms in total. The average Bonchev–Trinajstić information content (AvgIpc) is 3.14. The van der Waals surface area contributed by atoms with E-state index in [2.05, 4.69) is 26.3 Å². The van der Waals surface area contributed by atoms with E-state index < -0.39 is 0 Å². The van der Waals surface area contributed by atoms with E-state index in [0.717, 1.165) is 30.7 Å². The van der Waals surface area contributed by atoms with Gasteiger partial charge in [-0.05, 0) is 11.6 Å². The standard InChI is InChI=1S/C18H23N7O2.ClH/c1-22-16-15(17(26)23(2)18(22)27)25(12-21-16)9-8-24-7-6-20-11-14(24)13-4-3-5-19-10-13;/h3-5,10,12,14,20H,6-9,11H2,1-2H3;1H. The second kappa shape index (κ2) is 8.26. The highest BCUT2D eigenvalue weighted by atomic mass is 35.5. The zero-order valence-corrected chi connectivity index (χ0v) is 16.7. The summed E-state index contributed by atoms with van der Waals surface area (Å²) in [6, 6.07) is 4.29. The smallest absolute Gasteiger partial charge is 0.323 e. The lowest BCUT2D eigenvalue weighted by Crippen LogP contribution is -2.47. The number of halogens is 1. The highest BCUT2D eigenvalue weighted by Gasteiger charge is 2.24. The molecule has 1 unspecified atom stereocenters. The molecule has 4 heterocycles. The number of hydrogen-bond acceptors (Lipinski definition) is 6. The molecule has 1 saturated heterocycles. The molecule has 0 saturated carbocycles. The van der Waals surface area contributed by atoms with Gasteiger partial charge in [-0.3, -0.25) is 23.8 Å². The Bertz CT molecular complexity index is 1070. The normalized spacial score (nSPS) is 17.6. The lowest BCUT2D eigenvalue weighted by atomic mass is 10.1. The van der Waals surface area contributed by atoms with Crippen LogP contribution in [0.2, 0.25) is 0 Å². The van der Waals surface area contributed by atoms with Gasteiger partial charge in [0.05, 0.1) is 6.33 Å². The molecule has 1 atom stereocenters. The monoisotopic (exact) mass is 405 g/mol. The SMILES string of the molecule is Cl.Cn1c(=O)c2c(ncn2CCN2CCNCC2c2cccnc2)n(C)c1=O. The highest BCUT2D eigenvalue weighted by Crippen LogP contribution is 2.21. The predicted octanol–water partition coefficient (Wildman–Crippen LogP) is -0.103. The van der Waals surface area contributed by atoms with Crippen LogP contribution in [0.4, 0.5) is 0 Å². The molecule has 4 rings (SSSR count). The highest BCUT2D eigenvalue weighted by molar-refractivity contribution is 5.85. The molecule has 0 radical (unpaired) electrons. The number of aryl methyl sites for hydroxylation is 1. The van der Waals surface area contributed by atoms with Crippen LogP contribution in [0.25, 0.3) is 11.2 Å². The van der Waals surface area contributed by atoms with Crippen LogP contribution < -0.4 is 16.6 Å². The van der Waals surface area contributed by atoms with Crippen LogP contribution in [-0.2, 0) is 20.6 Å². The summed E-state index contributed by atoms with van der Waals surface area (Å²) in [5, 5.41) is 3.44. The fraction of sp³-hybridized carbons (Fsp3) is 0.444. The zero-order chi connectivity index (χ0) is 19.0. The maximum Gasteiger partial charge on any atom is 0.332 e. The van der Waals surface area contributed by atoms with E-state index in [1.165, 1.54) is 17.2 Å². The van der Waals surface area contributed by atoms with Crippen molar-refractivity contribution in [2.45, 2.75) is 12.6 Å². The Balaban J connectivity index is 0.00000225. The number of rotatable bonds is 4. The first-order chi connectivity index (χ1) is 13.1. The molecule has 0 amide bonds. The Kier molecular flexibility index (Phi) is 5.97. The number of aromatic nitrogens is 5. The Labute approximate surface area is 168 Å². The minimum atomic E-state index is -0.364. The molecule has 1 N–H and O–H groups in total. The summed E-state index contributed by atoms with van der Waals surface area (Å²) >= 11 is 0. The maximum absolute atomic E-state index is 12.6. The molecule has 1 aliphatic heterocycles. The van der Waals surface area contributed by atoms with Gasteiger partial charge in [-0.1, -0.05) is 6.07 Å². The third kappa shape index (κ3) is 3.48. The molecule has 0 spiro atoms. The topological polar surface area (TPSA) is 90.0 Å². The van der Waals surface area contributed by atoms with Gasteiger partial charge in [0.1, 0.15) is 0 Å². The molecular formula is C18H24ClN7O2. The maximum atomic E-state index is 12.6. The average molecular weight is 406 g/mol. The summed E-state index contributed by atoms with van der Waals surface area (Å²) in [7, 11) is 3.13. The van der Waals surface area contributed by atoms with Crippen molar-refractivity contribution in [2.75, 3.05) is 26.2 Å². The number of nitrogens with zero attached hydrogens (tertiary/aromatic N) is 6. The molecule has 1 fully saturated rings. The number of pyridine rings is 1. The summed E-state index contributed by atoms with van der Waals surface area (Å²) in [6.07, 6.45) is 5.33. The predicted molar refractivity (Wildman–Crippen MR) is 109 cm³/mol. The fourth-order valence-electron chi connectivity index (χ4n) is 3.72. The molecule has 0 bridgehead atoms. The summed E-state index contributed by atoms with van der Waals surface area (Å²) in [5.41, 5.74) is 1.39. The molecule has 1 aliphatic rings. The molecule has 3 aromatic heterocycles. The van der Waals surface area contributed by atoms with E-state index >= 15 is 0 Å². The molecule has 0 aromatic carbocycles. The number of piperazine rings is 1. The van der Waals surface area contributed by atoms with Gasteiger partial charge < -0.3 is 9.88 Å². The van der Waals surface area contributed by atoms with Gasteiger partial charge in [0.25, 0.3) is 5.56 Å². The van der Waals surface area contributed by atoms with Crippen molar-refractivity contribution in [2.24, 2.45) is 14.1 Å². The van der Waals surface area contributed by atoms with Crippen molar-refractivity contribution in [1.82, 2.24) is 33.9 Å². The lowest BCUT2D eigenvalue weighted by molar-refractivity contribution is 0.156. The van der Waals surface area contributed by atoms with E-state index in [4.69, 9.17) is 0 Å². The van der Waals surface area contributed by atoms with Gasteiger partial charge in [-0.15, -0.1) is 12.4 Å². The van der Waals surface area contributed by atoms with Crippen molar-refractivity contribution >= 4 is 23.6 Å². The first-order valence-electron chi connectivity index (χ1n) is 9.03. The number of fused-ring (bicyclic) bond motifs is 1. The number of nitrogens with one attached hydrogen (secondary N) is 1. The molecule has 28 heavy (non-hydrogen) atoms. The third-order valence-electron chi connectivity index (χ3n) is 5.27. The lowest BCUT2D eigenvalue weighted by Gasteiger charge is -2.36. The van der Waals surface area contributed by atoms with Crippen molar-refractivity contribution in [1.29, 1.82) is 0 Å². The summed E-state index contributed by atoms with van der Waals surface area (Å²) in [5.74, 6) is 0. The van der Waals surface area contributed by atoms with Gasteiger partial charge in [-0.25, -0.2) is 9.78 Å². The van der Waals surface area contributed by atoms with Gasteiger partial charge in [0.15, 0.2) is 11.2 Å². The van der Waals surface area contributed by atoms with E-state index in [0.29, 0.717) is 17.7 Å². The minimum Gasteiger partial charge on any atom is -0.323 e. The first-order valence-corrected chi connectivity index (χ1v) is 9.03. The van der Waals surface area contributed by atoms with Crippen molar-refractivity contribution in [3.8, 4) is 0 Å². The van der Waals surface area contributed by atoms with Crippen LogP contribution in [0, 0.1) is 0 Å². The van der Waals surface area contributed by atoms with E-state index in [1.54, 1.807) is 19.6 Å². The van der Waals surface area contributed by atoms with Crippen molar-refractivity contribution in [3.05, 3.63) is 57.3 Å². The van der Waals surface area contributed by atoms with Gasteiger partial charge in [0.2, 0.25) is 0 Å². The molecular weight excluding hydrogens is 382 g/mol. The Morgan fingerprint density at radius 1 is 1.21 bits per heavy atom. The molecule has 0 aliphatic carbocycles. The third-order valence-corrected chi connectivity index (χ3v) is 5.27. The van der Waals surface area contributed by atoms with Crippen molar-refractivity contribution in [3.63, 3.8) is 0 Å². The van der Waals surface area contributed by atoms with Crippen molar-refractivity contribution < 1.29 is 0 Å². The number of hydrogen-bond donors (Lipinski definition) is 1. The first kappa shape index (κ1) is 20.2. The quantitative estimate of drug-likeness (QED) is 0.651. The van der Waals surface area contributed by atoms with E-state index in [1.807, 2.05) is 16.8 Å². The van der Waals surface area contributed by atoms with Crippen LogP contribution in [0.5, 0.6) is 0 Å². The zero-order valence-electron chi connectivity index (χ0n) is 15.9. The van der Waals surface area contributed by atoms with Crippen LogP contribution >= 0.6 is 12.4 Å². The Morgan fingerprint density at radius 3 is 2.79 bits per heavy atom. The summed E-state index contributed by atoms with van der Waals surface area (Å²) in [4.78, 5) is 35.6. The summed E-state index contributed by atoms with van der Waals surface area (Å²) in [6.45, 7) is 4.12. The largest absolute Gasteiger partial charge is 0.332 e. The van der Waals surface area contributed by atoms with E-state index in [9.17, 15) is 9.59 Å². The van der Waals surface area contributed by atoms with Gasteiger partial charge in [0, 0.05) is 65.3 Å². The minimum absolute atomic E-state index is 0.